The number of rotatable bonds is 1. The fourth-order valence-electron chi connectivity index (χ4n) is 2.64. The minimum Gasteiger partial charge on any atom is -0.377 e. The third-order valence-corrected chi connectivity index (χ3v) is 3.64. The van der Waals surface area contributed by atoms with Crippen LogP contribution in [0.2, 0.25) is 0 Å². The van der Waals surface area contributed by atoms with E-state index in [2.05, 4.69) is 6.92 Å². The summed E-state index contributed by atoms with van der Waals surface area (Å²) in [6.07, 6.45) is 6.62. The van der Waals surface area contributed by atoms with Crippen molar-refractivity contribution in [2.24, 2.45) is 5.41 Å². The quantitative estimate of drug-likeness (QED) is 0.622. The molecule has 2 nitrogen and oxygen atoms in total. The van der Waals surface area contributed by atoms with Crippen molar-refractivity contribution in [3.8, 4) is 0 Å². The second-order valence-electron chi connectivity index (χ2n) is 4.71. The van der Waals surface area contributed by atoms with E-state index in [1.54, 1.807) is 0 Å². The molecule has 1 unspecified atom stereocenters. The van der Waals surface area contributed by atoms with E-state index in [0.29, 0.717) is 30.6 Å². The molecule has 1 saturated carbocycles. The molecule has 0 aromatic heterocycles. The minimum absolute atomic E-state index is 0.219. The molecule has 1 saturated heterocycles. The van der Waals surface area contributed by atoms with Gasteiger partial charge in [0.15, 0.2) is 0 Å². The van der Waals surface area contributed by atoms with E-state index in [1.165, 1.54) is 25.7 Å². The molecule has 2 heteroatoms. The molecule has 0 amide bonds. The average molecular weight is 182 g/mol. The molecule has 0 bridgehead atoms. The fourth-order valence-corrected chi connectivity index (χ4v) is 2.64. The lowest BCUT2D eigenvalue weighted by molar-refractivity contribution is -0.135. The second-order valence-corrected chi connectivity index (χ2v) is 4.71. The summed E-state index contributed by atoms with van der Waals surface area (Å²) in [5, 5.41) is 0. The Morgan fingerprint density at radius 1 is 1.38 bits per heavy atom. The number of carbonyl (C=O) groups is 1. The molecule has 2 rings (SSSR count). The number of ketones is 1. The van der Waals surface area contributed by atoms with Crippen molar-refractivity contribution in [1.82, 2.24) is 0 Å². The maximum absolute atomic E-state index is 11.3. The van der Waals surface area contributed by atoms with Gasteiger partial charge in [-0.2, -0.15) is 0 Å². The van der Waals surface area contributed by atoms with Gasteiger partial charge >= 0.3 is 0 Å². The summed E-state index contributed by atoms with van der Waals surface area (Å²) in [4.78, 5) is 11.3. The molecule has 0 spiro atoms. The van der Waals surface area contributed by atoms with Crippen LogP contribution in [0.3, 0.4) is 0 Å². The highest BCUT2D eigenvalue weighted by Gasteiger charge is 2.40. The standard InChI is InChI=1S/C11H18O2/c1-11(5-2-3-6-11)10-8-9(12)4-7-13-10/h10H,2-8H2,1H3. The van der Waals surface area contributed by atoms with Gasteiger partial charge in [-0.3, -0.25) is 4.79 Å². The molecular weight excluding hydrogens is 164 g/mol. The molecular formula is C11H18O2. The largest absolute Gasteiger partial charge is 0.377 e. The highest BCUT2D eigenvalue weighted by Crippen LogP contribution is 2.43. The third-order valence-electron chi connectivity index (χ3n) is 3.64. The Bertz CT molecular complexity index is 204. The van der Waals surface area contributed by atoms with Crippen LogP contribution in [0.5, 0.6) is 0 Å². The van der Waals surface area contributed by atoms with Crippen LogP contribution in [-0.2, 0) is 9.53 Å². The number of hydrogen-bond donors (Lipinski definition) is 0. The Morgan fingerprint density at radius 3 is 2.69 bits per heavy atom. The molecule has 1 aliphatic carbocycles. The summed E-state index contributed by atoms with van der Waals surface area (Å²) in [7, 11) is 0. The first-order valence-electron chi connectivity index (χ1n) is 5.34. The van der Waals surface area contributed by atoms with Crippen LogP contribution in [0.1, 0.15) is 45.4 Å². The Hall–Kier alpha value is -0.370. The summed E-state index contributed by atoms with van der Waals surface area (Å²) in [6, 6.07) is 0. The van der Waals surface area contributed by atoms with Gasteiger partial charge in [-0.1, -0.05) is 19.8 Å². The van der Waals surface area contributed by atoms with Crippen molar-refractivity contribution in [1.29, 1.82) is 0 Å². The molecule has 1 aliphatic heterocycles. The summed E-state index contributed by atoms with van der Waals surface area (Å²) in [5.41, 5.74) is 0.302. The smallest absolute Gasteiger partial charge is 0.137 e. The monoisotopic (exact) mass is 182 g/mol. The van der Waals surface area contributed by atoms with E-state index in [1.807, 2.05) is 0 Å². The molecule has 13 heavy (non-hydrogen) atoms. The van der Waals surface area contributed by atoms with Crippen LogP contribution in [0.15, 0.2) is 0 Å². The predicted octanol–water partition coefficient (Wildman–Crippen LogP) is 2.31. The van der Waals surface area contributed by atoms with Gasteiger partial charge in [0.05, 0.1) is 12.7 Å². The highest BCUT2D eigenvalue weighted by molar-refractivity contribution is 5.79. The average Bonchev–Trinajstić information content (AvgIpc) is 2.54. The molecule has 0 N–H and O–H groups in total. The van der Waals surface area contributed by atoms with Crippen LogP contribution in [0.25, 0.3) is 0 Å². The molecule has 1 atom stereocenters. The van der Waals surface area contributed by atoms with Crippen LogP contribution in [0, 0.1) is 5.41 Å². The molecule has 0 aromatic rings. The number of hydrogen-bond acceptors (Lipinski definition) is 2. The fraction of sp³-hybridized carbons (Fsp3) is 0.909. The van der Waals surface area contributed by atoms with Crippen molar-refractivity contribution in [2.45, 2.75) is 51.6 Å². The van der Waals surface area contributed by atoms with Gasteiger partial charge in [-0.15, -0.1) is 0 Å². The van der Waals surface area contributed by atoms with E-state index in [-0.39, 0.29) is 6.10 Å². The van der Waals surface area contributed by atoms with Gasteiger partial charge in [0, 0.05) is 12.8 Å². The zero-order chi connectivity index (χ0) is 9.31. The highest BCUT2D eigenvalue weighted by atomic mass is 16.5. The third kappa shape index (κ3) is 1.78. The molecule has 74 valence electrons. The maximum atomic E-state index is 11.3. The van der Waals surface area contributed by atoms with Crippen molar-refractivity contribution in [2.75, 3.05) is 6.61 Å². The van der Waals surface area contributed by atoms with E-state index < -0.39 is 0 Å². The Kier molecular flexibility index (Phi) is 2.41. The Balaban J connectivity index is 2.02. The van der Waals surface area contributed by atoms with Crippen LogP contribution >= 0.6 is 0 Å². The molecule has 1 heterocycles. The van der Waals surface area contributed by atoms with Gasteiger partial charge in [0.1, 0.15) is 5.78 Å². The van der Waals surface area contributed by atoms with Gasteiger partial charge in [-0.05, 0) is 18.3 Å². The SMILES string of the molecule is CC1(C2CC(=O)CCO2)CCCC1. The van der Waals surface area contributed by atoms with E-state index in [4.69, 9.17) is 4.74 Å². The molecule has 2 aliphatic rings. The first-order chi connectivity index (χ1) is 6.21. The number of carbonyl (C=O) groups excluding carboxylic acids is 1. The first kappa shape index (κ1) is 9.20. The summed E-state index contributed by atoms with van der Waals surface area (Å²) < 4.78 is 5.71. The second kappa shape index (κ2) is 3.41. The predicted molar refractivity (Wildman–Crippen MR) is 50.6 cm³/mol. The summed E-state index contributed by atoms with van der Waals surface area (Å²) in [6.45, 7) is 2.93. The molecule has 2 fully saturated rings. The zero-order valence-electron chi connectivity index (χ0n) is 8.34. The topological polar surface area (TPSA) is 26.3 Å². The van der Waals surface area contributed by atoms with Gasteiger partial charge < -0.3 is 4.74 Å². The van der Waals surface area contributed by atoms with Gasteiger partial charge in [0.25, 0.3) is 0 Å². The van der Waals surface area contributed by atoms with E-state index in [9.17, 15) is 4.79 Å². The minimum atomic E-state index is 0.219. The zero-order valence-corrected chi connectivity index (χ0v) is 8.34. The maximum Gasteiger partial charge on any atom is 0.137 e. The van der Waals surface area contributed by atoms with Crippen molar-refractivity contribution in [3.05, 3.63) is 0 Å². The van der Waals surface area contributed by atoms with Crippen molar-refractivity contribution >= 4 is 5.78 Å². The van der Waals surface area contributed by atoms with Crippen molar-refractivity contribution in [3.63, 3.8) is 0 Å². The summed E-state index contributed by atoms with van der Waals surface area (Å²) in [5.74, 6) is 0.393. The van der Waals surface area contributed by atoms with Crippen molar-refractivity contribution < 1.29 is 9.53 Å². The summed E-state index contributed by atoms with van der Waals surface area (Å²) >= 11 is 0. The lowest BCUT2D eigenvalue weighted by atomic mass is 9.79. The molecule has 0 aromatic carbocycles. The van der Waals surface area contributed by atoms with Crippen LogP contribution in [-0.4, -0.2) is 18.5 Å². The van der Waals surface area contributed by atoms with Crippen LogP contribution in [0.4, 0.5) is 0 Å². The first-order valence-corrected chi connectivity index (χ1v) is 5.34. The lowest BCUT2D eigenvalue weighted by Gasteiger charge is -2.35. The van der Waals surface area contributed by atoms with Gasteiger partial charge in [0.2, 0.25) is 0 Å². The molecule has 0 radical (unpaired) electrons. The van der Waals surface area contributed by atoms with E-state index in [0.717, 1.165) is 0 Å². The Morgan fingerprint density at radius 2 is 2.08 bits per heavy atom. The number of ether oxygens (including phenoxy) is 1. The number of Topliss-reactive ketones (excluding diaryl/α,β-unsaturated/α-hetero) is 1. The normalized spacial score (nSPS) is 33.6. The Labute approximate surface area is 79.7 Å². The lowest BCUT2D eigenvalue weighted by Crippen LogP contribution is -2.38. The van der Waals surface area contributed by atoms with E-state index >= 15 is 0 Å². The van der Waals surface area contributed by atoms with Gasteiger partial charge in [-0.25, -0.2) is 0 Å². The van der Waals surface area contributed by atoms with Crippen LogP contribution < -0.4 is 0 Å².